The summed E-state index contributed by atoms with van der Waals surface area (Å²) in [5.41, 5.74) is 0. The van der Waals surface area contributed by atoms with Gasteiger partial charge in [-0.25, -0.2) is 4.79 Å². The van der Waals surface area contributed by atoms with E-state index in [9.17, 15) is 4.79 Å². The average molecular weight is 173 g/mol. The largest absolute Gasteiger partial charge is 0.365 e. The molecular formula is C4H6Cl2O3. The highest BCUT2D eigenvalue weighted by Gasteiger charge is 1.85. The van der Waals surface area contributed by atoms with Crippen LogP contribution in [0, 0.1) is 0 Å². The van der Waals surface area contributed by atoms with Gasteiger partial charge in [0, 0.05) is 6.08 Å². The van der Waals surface area contributed by atoms with Crippen LogP contribution >= 0.6 is 23.2 Å². The third kappa shape index (κ3) is 18.2. The third-order valence-corrected chi connectivity index (χ3v) is 0.257. The summed E-state index contributed by atoms with van der Waals surface area (Å²) in [7, 11) is 0. The van der Waals surface area contributed by atoms with E-state index in [0.29, 0.717) is 0 Å². The molecule has 1 N–H and O–H groups in total. The smallest absolute Gasteiger partial charge is 0.296 e. The maximum Gasteiger partial charge on any atom is 0.365 e. The Morgan fingerprint density at radius 2 is 2.11 bits per heavy atom. The molecule has 0 aromatic rings. The molecular weight excluding hydrogens is 167 g/mol. The summed E-state index contributed by atoms with van der Waals surface area (Å²) in [6.07, 6.45) is 0.861. The maximum atomic E-state index is 9.59. The molecule has 0 amide bonds. The molecule has 3 nitrogen and oxygen atoms in total. The second-order valence-corrected chi connectivity index (χ2v) is 1.52. The molecule has 0 saturated heterocycles. The molecule has 9 heavy (non-hydrogen) atoms. The lowest BCUT2D eigenvalue weighted by atomic mass is 10.7. The molecule has 0 aliphatic heterocycles. The van der Waals surface area contributed by atoms with Crippen LogP contribution in [0.25, 0.3) is 0 Å². The van der Waals surface area contributed by atoms with E-state index in [1.807, 2.05) is 0 Å². The van der Waals surface area contributed by atoms with Crippen LogP contribution in [0.1, 0.15) is 0 Å². The monoisotopic (exact) mass is 172 g/mol. The van der Waals surface area contributed by atoms with Crippen molar-refractivity contribution in [3.8, 4) is 0 Å². The molecule has 0 aliphatic rings. The first-order valence-corrected chi connectivity index (χ1v) is 2.89. The molecule has 0 fully saturated rings. The Kier molecular flexibility index (Phi) is 13.7. The third-order valence-electron chi connectivity index (χ3n) is 0.257. The van der Waals surface area contributed by atoms with Gasteiger partial charge in [0.2, 0.25) is 0 Å². The van der Waals surface area contributed by atoms with Gasteiger partial charge in [-0.3, -0.25) is 4.89 Å². The highest BCUT2D eigenvalue weighted by Crippen LogP contribution is 1.73. The van der Waals surface area contributed by atoms with Crippen molar-refractivity contribution in [1.29, 1.82) is 0 Å². The fraction of sp³-hybridized carbons (Fsp3) is 0.250. The van der Waals surface area contributed by atoms with Crippen LogP contribution < -0.4 is 0 Å². The second kappa shape index (κ2) is 10.7. The Labute approximate surface area is 62.8 Å². The van der Waals surface area contributed by atoms with Crippen LogP contribution in [0.5, 0.6) is 0 Å². The molecule has 0 unspecified atom stereocenters. The van der Waals surface area contributed by atoms with Gasteiger partial charge in [0.05, 0.1) is 5.34 Å². The molecule has 0 aliphatic carbocycles. The number of hydrogen-bond acceptors (Lipinski definition) is 3. The van der Waals surface area contributed by atoms with E-state index in [0.717, 1.165) is 6.08 Å². The van der Waals surface area contributed by atoms with E-state index >= 15 is 0 Å². The normalized spacial score (nSPS) is 6.56. The lowest BCUT2D eigenvalue weighted by molar-refractivity contribution is -0.228. The Morgan fingerprint density at radius 3 is 2.11 bits per heavy atom. The number of hydrogen-bond donors (Lipinski definition) is 1. The van der Waals surface area contributed by atoms with E-state index in [1.54, 1.807) is 0 Å². The quantitative estimate of drug-likeness (QED) is 0.283. The predicted octanol–water partition coefficient (Wildman–Crippen LogP) is 1.61. The van der Waals surface area contributed by atoms with Gasteiger partial charge in [-0.1, -0.05) is 6.58 Å². The molecule has 0 rings (SSSR count). The summed E-state index contributed by atoms with van der Waals surface area (Å²) < 4.78 is 0. The topological polar surface area (TPSA) is 46.5 Å². The SMILES string of the molecule is C=CC(=O)OO.ClCCl. The lowest BCUT2D eigenvalue weighted by Gasteiger charge is -1.78. The van der Waals surface area contributed by atoms with Gasteiger partial charge in [-0.2, -0.15) is 5.26 Å². The van der Waals surface area contributed by atoms with Crippen molar-refractivity contribution in [1.82, 2.24) is 0 Å². The van der Waals surface area contributed by atoms with Crippen molar-refractivity contribution >= 4 is 29.2 Å². The fourth-order valence-corrected chi connectivity index (χ4v) is 0.0373. The number of halogens is 2. The summed E-state index contributed by atoms with van der Waals surface area (Å²) in [6, 6.07) is 0. The summed E-state index contributed by atoms with van der Waals surface area (Å²) in [5, 5.41) is 7.61. The van der Waals surface area contributed by atoms with E-state index in [-0.39, 0.29) is 5.34 Å². The zero-order valence-electron chi connectivity index (χ0n) is 4.51. The Hall–Kier alpha value is -0.250. The van der Waals surface area contributed by atoms with Gasteiger partial charge in [-0.05, 0) is 0 Å². The highest BCUT2D eigenvalue weighted by atomic mass is 35.5. The molecule has 0 bridgehead atoms. The molecule has 0 aromatic heterocycles. The summed E-state index contributed by atoms with van der Waals surface area (Å²) in [6.45, 7) is 3.00. The lowest BCUT2D eigenvalue weighted by Crippen LogP contribution is -1.92. The van der Waals surface area contributed by atoms with Crippen LogP contribution in [-0.2, 0) is 9.68 Å². The second-order valence-electron chi connectivity index (χ2n) is 0.715. The Bertz CT molecular complexity index is 83.9. The molecule has 0 saturated carbocycles. The minimum absolute atomic E-state index is 0.194. The highest BCUT2D eigenvalue weighted by molar-refractivity contribution is 6.40. The Morgan fingerprint density at radius 1 is 1.78 bits per heavy atom. The standard InChI is InChI=1S/C3H4O3.CH2Cl2/c1-2-3(4)6-5;2-1-3/h2,5H,1H2;1H2. The summed E-state index contributed by atoms with van der Waals surface area (Å²) in [5.74, 6) is -0.838. The van der Waals surface area contributed by atoms with Gasteiger partial charge >= 0.3 is 5.97 Å². The zero-order valence-corrected chi connectivity index (χ0v) is 6.02. The molecule has 0 heterocycles. The van der Waals surface area contributed by atoms with Crippen molar-refractivity contribution in [3.63, 3.8) is 0 Å². The van der Waals surface area contributed by atoms with Crippen molar-refractivity contribution in [2.24, 2.45) is 0 Å². The average Bonchev–Trinajstić information content (AvgIpc) is 1.88. The molecule has 54 valence electrons. The number of rotatable bonds is 1. The van der Waals surface area contributed by atoms with Crippen molar-refractivity contribution < 1.29 is 14.9 Å². The minimum atomic E-state index is -0.838. The van der Waals surface area contributed by atoms with Gasteiger partial charge in [-0.15, -0.1) is 23.2 Å². The summed E-state index contributed by atoms with van der Waals surface area (Å²) in [4.78, 5) is 12.7. The first-order valence-electron chi connectivity index (χ1n) is 1.82. The minimum Gasteiger partial charge on any atom is -0.296 e. The van der Waals surface area contributed by atoms with Crippen LogP contribution in [0.4, 0.5) is 0 Å². The number of alkyl halides is 2. The van der Waals surface area contributed by atoms with Gasteiger partial charge in [0.25, 0.3) is 0 Å². The van der Waals surface area contributed by atoms with Crippen LogP contribution in [-0.4, -0.2) is 16.6 Å². The van der Waals surface area contributed by atoms with Crippen LogP contribution in [0.2, 0.25) is 0 Å². The van der Waals surface area contributed by atoms with E-state index in [2.05, 4.69) is 11.5 Å². The van der Waals surface area contributed by atoms with E-state index in [1.165, 1.54) is 0 Å². The molecule has 0 aromatic carbocycles. The first kappa shape index (κ1) is 11.5. The molecule has 0 atom stereocenters. The predicted molar refractivity (Wildman–Crippen MR) is 35.5 cm³/mol. The van der Waals surface area contributed by atoms with Crippen LogP contribution in [0.3, 0.4) is 0 Å². The fourth-order valence-electron chi connectivity index (χ4n) is 0.0373. The molecule has 5 heteroatoms. The van der Waals surface area contributed by atoms with Crippen molar-refractivity contribution in [3.05, 3.63) is 12.7 Å². The van der Waals surface area contributed by atoms with Crippen LogP contribution in [0.15, 0.2) is 12.7 Å². The van der Waals surface area contributed by atoms with Crippen molar-refractivity contribution in [2.75, 3.05) is 5.34 Å². The van der Waals surface area contributed by atoms with Crippen molar-refractivity contribution in [2.45, 2.75) is 0 Å². The summed E-state index contributed by atoms with van der Waals surface area (Å²) >= 11 is 9.53. The van der Waals surface area contributed by atoms with E-state index < -0.39 is 5.97 Å². The zero-order chi connectivity index (χ0) is 7.70. The van der Waals surface area contributed by atoms with Gasteiger partial charge < -0.3 is 0 Å². The van der Waals surface area contributed by atoms with Gasteiger partial charge in [0.1, 0.15) is 0 Å². The van der Waals surface area contributed by atoms with Gasteiger partial charge in [0.15, 0.2) is 0 Å². The molecule has 0 spiro atoms. The number of carbonyl (C=O) groups is 1. The van der Waals surface area contributed by atoms with E-state index in [4.69, 9.17) is 28.5 Å². The Balaban J connectivity index is 0. The maximum absolute atomic E-state index is 9.59. The molecule has 0 radical (unpaired) electrons. The first-order chi connectivity index (χ1) is 4.22. The number of carbonyl (C=O) groups excluding carboxylic acids is 1.